The largest absolute Gasteiger partial charge is 0.244 e. The van der Waals surface area contributed by atoms with Crippen molar-refractivity contribution in [1.29, 1.82) is 0 Å². The Kier molecular flexibility index (Phi) is 5.59. The number of aromatic nitrogens is 2. The number of hydrogen-bond donors (Lipinski definition) is 0. The van der Waals surface area contributed by atoms with E-state index >= 15 is 0 Å². The van der Waals surface area contributed by atoms with Crippen molar-refractivity contribution >= 4 is 6.08 Å². The first-order valence-corrected chi connectivity index (χ1v) is 8.80. The van der Waals surface area contributed by atoms with Crippen LogP contribution in [0.3, 0.4) is 0 Å². The lowest BCUT2D eigenvalue weighted by atomic mass is 9.55. The molecule has 0 saturated heterocycles. The van der Waals surface area contributed by atoms with Crippen LogP contribution in [0.25, 0.3) is 6.08 Å². The molecule has 1 rings (SSSR count). The van der Waals surface area contributed by atoms with Crippen molar-refractivity contribution in [3.63, 3.8) is 0 Å². The average molecular weight is 333 g/mol. The van der Waals surface area contributed by atoms with Crippen LogP contribution in [0.2, 0.25) is 0 Å². The lowest BCUT2D eigenvalue weighted by Gasteiger charge is -2.50. The van der Waals surface area contributed by atoms with Gasteiger partial charge in [-0.25, -0.2) is 4.63 Å². The number of nitrogens with zero attached hydrogens (tertiary/aromatic N) is 2. The highest BCUT2D eigenvalue weighted by Gasteiger charge is 2.44. The third kappa shape index (κ3) is 4.37. The van der Waals surface area contributed by atoms with Crippen LogP contribution < -0.4 is 0 Å². The second kappa shape index (κ2) is 6.50. The van der Waals surface area contributed by atoms with Gasteiger partial charge in [-0.15, -0.1) is 0 Å². The number of aryl methyl sites for hydroxylation is 1. The van der Waals surface area contributed by atoms with E-state index in [9.17, 15) is 0 Å². The summed E-state index contributed by atoms with van der Waals surface area (Å²) in [6, 6.07) is 0. The molecule has 0 bridgehead atoms. The maximum absolute atomic E-state index is 4.84. The fraction of sp³-hybridized carbons (Fsp3) is 0.714. The van der Waals surface area contributed by atoms with Crippen LogP contribution in [0.15, 0.2) is 22.4 Å². The van der Waals surface area contributed by atoms with E-state index in [1.807, 2.05) is 6.92 Å². The molecule has 1 aromatic rings. The molecule has 136 valence electrons. The van der Waals surface area contributed by atoms with E-state index in [0.29, 0.717) is 0 Å². The summed E-state index contributed by atoms with van der Waals surface area (Å²) >= 11 is 0. The zero-order valence-corrected chi connectivity index (χ0v) is 17.5. The molecule has 3 heteroatoms. The third-order valence-corrected chi connectivity index (χ3v) is 5.56. The quantitative estimate of drug-likeness (QED) is 0.596. The molecular formula is C21H36N2O. The fourth-order valence-electron chi connectivity index (χ4n) is 2.91. The minimum absolute atomic E-state index is 0.0125. The van der Waals surface area contributed by atoms with E-state index in [4.69, 9.17) is 4.63 Å². The maximum Gasteiger partial charge on any atom is 0.131 e. The predicted molar refractivity (Wildman–Crippen MR) is 103 cm³/mol. The van der Waals surface area contributed by atoms with Crippen LogP contribution in [0, 0.1) is 28.6 Å². The van der Waals surface area contributed by atoms with Crippen LogP contribution >= 0.6 is 0 Å². The molecule has 1 aromatic heterocycles. The molecule has 0 aliphatic carbocycles. The van der Waals surface area contributed by atoms with Gasteiger partial charge >= 0.3 is 0 Å². The Morgan fingerprint density at radius 1 is 0.833 bits per heavy atom. The summed E-state index contributed by atoms with van der Waals surface area (Å²) in [6.45, 7) is 24.8. The number of rotatable bonds is 3. The van der Waals surface area contributed by atoms with Crippen LogP contribution in [0.5, 0.6) is 0 Å². The Bertz CT molecular complexity index is 599. The second-order valence-corrected chi connectivity index (χ2v) is 10.1. The Hall–Kier alpha value is -1.38. The summed E-state index contributed by atoms with van der Waals surface area (Å²) < 4.78 is 4.84. The lowest BCUT2D eigenvalue weighted by molar-refractivity contribution is 0.0365. The molecule has 0 atom stereocenters. The smallest absolute Gasteiger partial charge is 0.131 e. The highest BCUT2D eigenvalue weighted by Crippen LogP contribution is 2.52. The van der Waals surface area contributed by atoms with Gasteiger partial charge in [-0.3, -0.25) is 0 Å². The van der Waals surface area contributed by atoms with E-state index < -0.39 is 0 Å². The summed E-state index contributed by atoms with van der Waals surface area (Å²) in [5.74, 6) is 0. The molecule has 0 aliphatic rings. The first kappa shape index (κ1) is 20.7. The predicted octanol–water partition coefficient (Wildman–Crippen LogP) is 6.46. The molecule has 0 aliphatic heterocycles. The summed E-state index contributed by atoms with van der Waals surface area (Å²) in [6.07, 6.45) is 6.74. The van der Waals surface area contributed by atoms with Crippen LogP contribution in [0.1, 0.15) is 80.6 Å². The van der Waals surface area contributed by atoms with Crippen LogP contribution in [0.4, 0.5) is 0 Å². The van der Waals surface area contributed by atoms with E-state index in [2.05, 4.69) is 97.8 Å². The highest BCUT2D eigenvalue weighted by molar-refractivity contribution is 5.55. The summed E-state index contributed by atoms with van der Waals surface area (Å²) in [5, 5.41) is 7.90. The average Bonchev–Trinajstić information content (AvgIpc) is 2.75. The van der Waals surface area contributed by atoms with Crippen molar-refractivity contribution in [2.45, 2.75) is 76.2 Å². The topological polar surface area (TPSA) is 38.9 Å². The number of allylic oxidation sites excluding steroid dienone is 3. The number of hydrogen-bond acceptors (Lipinski definition) is 3. The highest BCUT2D eigenvalue weighted by atomic mass is 16.6. The molecule has 0 amide bonds. The van der Waals surface area contributed by atoms with E-state index in [-0.39, 0.29) is 21.7 Å². The van der Waals surface area contributed by atoms with Gasteiger partial charge in [0.05, 0.1) is 0 Å². The summed E-state index contributed by atoms with van der Waals surface area (Å²) in [7, 11) is 0. The maximum atomic E-state index is 4.84. The van der Waals surface area contributed by atoms with Crippen molar-refractivity contribution in [1.82, 2.24) is 10.3 Å². The summed E-state index contributed by atoms with van der Waals surface area (Å²) in [4.78, 5) is 0. The van der Waals surface area contributed by atoms with Gasteiger partial charge in [0.1, 0.15) is 11.4 Å². The van der Waals surface area contributed by atoms with Crippen molar-refractivity contribution < 1.29 is 4.63 Å². The van der Waals surface area contributed by atoms with Crippen LogP contribution in [-0.4, -0.2) is 10.3 Å². The first-order chi connectivity index (χ1) is 10.6. The second-order valence-electron chi connectivity index (χ2n) is 10.1. The molecule has 3 nitrogen and oxygen atoms in total. The monoisotopic (exact) mass is 332 g/mol. The fourth-order valence-corrected chi connectivity index (χ4v) is 2.91. The van der Waals surface area contributed by atoms with Crippen molar-refractivity contribution in [3.05, 3.63) is 29.1 Å². The normalized spacial score (nSPS) is 15.4. The molecule has 1 heterocycles. The summed E-state index contributed by atoms with van der Waals surface area (Å²) in [5.41, 5.74) is 3.20. The molecule has 0 aromatic carbocycles. The molecule has 0 spiro atoms. The zero-order chi connectivity index (χ0) is 19.0. The first-order valence-electron chi connectivity index (χ1n) is 8.80. The SMILES string of the molecule is Cc1nonc1/C=C(\C=C\C(C)(C(C)(C)C)C(C)(C)C)C(C)(C)C. The molecule has 0 fully saturated rings. The molecule has 0 N–H and O–H groups in total. The molecular weight excluding hydrogens is 296 g/mol. The lowest BCUT2D eigenvalue weighted by Crippen LogP contribution is -2.42. The van der Waals surface area contributed by atoms with Gasteiger partial charge < -0.3 is 0 Å². The van der Waals surface area contributed by atoms with Gasteiger partial charge in [0, 0.05) is 0 Å². The molecule has 0 radical (unpaired) electrons. The standard InChI is InChI=1S/C21H36N2O/c1-15-17(23-24-22-15)14-16(18(2,3)4)12-13-21(11,19(5,6)7)20(8,9)10/h12-14H,1-11H3/b13-12+,16-14+. The van der Waals surface area contributed by atoms with Crippen molar-refractivity contribution in [2.24, 2.45) is 21.7 Å². The van der Waals surface area contributed by atoms with E-state index in [0.717, 1.165) is 11.4 Å². The Morgan fingerprint density at radius 2 is 1.33 bits per heavy atom. The molecule has 0 unspecified atom stereocenters. The Morgan fingerprint density at radius 3 is 1.67 bits per heavy atom. The zero-order valence-electron chi connectivity index (χ0n) is 17.5. The molecule has 24 heavy (non-hydrogen) atoms. The van der Waals surface area contributed by atoms with Gasteiger partial charge in [-0.05, 0) is 40.2 Å². The van der Waals surface area contributed by atoms with E-state index in [1.54, 1.807) is 0 Å². The van der Waals surface area contributed by atoms with Gasteiger partial charge in [0.15, 0.2) is 0 Å². The van der Waals surface area contributed by atoms with E-state index in [1.165, 1.54) is 5.57 Å². The van der Waals surface area contributed by atoms with Gasteiger partial charge in [-0.2, -0.15) is 0 Å². The van der Waals surface area contributed by atoms with Gasteiger partial charge in [-0.1, -0.05) is 91.7 Å². The van der Waals surface area contributed by atoms with Crippen molar-refractivity contribution in [3.8, 4) is 0 Å². The Balaban J connectivity index is 3.40. The third-order valence-electron chi connectivity index (χ3n) is 5.56. The molecule has 0 saturated carbocycles. The van der Waals surface area contributed by atoms with Gasteiger partial charge in [0.2, 0.25) is 0 Å². The van der Waals surface area contributed by atoms with Crippen LogP contribution in [-0.2, 0) is 0 Å². The Labute approximate surface area is 148 Å². The minimum Gasteiger partial charge on any atom is -0.244 e. The van der Waals surface area contributed by atoms with Gasteiger partial charge in [0.25, 0.3) is 0 Å². The minimum atomic E-state index is 0.0125. The van der Waals surface area contributed by atoms with Crippen molar-refractivity contribution in [2.75, 3.05) is 0 Å².